The average Bonchev–Trinajstić information content (AvgIpc) is 2.21. The van der Waals surface area contributed by atoms with Gasteiger partial charge < -0.3 is 5.32 Å². The van der Waals surface area contributed by atoms with Gasteiger partial charge in [0.05, 0.1) is 12.1 Å². The fourth-order valence-corrected chi connectivity index (χ4v) is 0.704. The molecule has 0 amide bonds. The van der Waals surface area contributed by atoms with Crippen LogP contribution in [0, 0.1) is 28.6 Å². The maximum Gasteiger partial charge on any atom is 0.222 e. The van der Waals surface area contributed by atoms with Crippen LogP contribution in [0.25, 0.3) is 0 Å². The molecule has 5 heteroatoms. The van der Waals surface area contributed by atoms with Gasteiger partial charge in [-0.2, -0.15) is 10.5 Å². The second-order valence-corrected chi connectivity index (χ2v) is 2.26. The van der Waals surface area contributed by atoms with E-state index in [0.717, 1.165) is 0 Å². The SMILES string of the molecule is N#CC(C#N)CNc1ncccn1. The molecule has 1 N–H and O–H groups in total. The van der Waals surface area contributed by atoms with Gasteiger partial charge >= 0.3 is 0 Å². The Kier molecular flexibility index (Phi) is 3.22. The molecule has 0 radical (unpaired) electrons. The lowest BCUT2D eigenvalue weighted by Crippen LogP contribution is -2.12. The molecule has 0 aromatic carbocycles. The summed E-state index contributed by atoms with van der Waals surface area (Å²) >= 11 is 0. The van der Waals surface area contributed by atoms with Gasteiger partial charge in [0.1, 0.15) is 0 Å². The third kappa shape index (κ3) is 2.76. The molecule has 0 aliphatic rings. The molecular weight excluding hydrogens is 166 g/mol. The van der Waals surface area contributed by atoms with Crippen LogP contribution in [0.5, 0.6) is 0 Å². The van der Waals surface area contributed by atoms with Gasteiger partial charge in [-0.1, -0.05) is 0 Å². The number of anilines is 1. The number of aromatic nitrogens is 2. The van der Waals surface area contributed by atoms with E-state index < -0.39 is 5.92 Å². The molecule has 0 aliphatic carbocycles. The van der Waals surface area contributed by atoms with Crippen LogP contribution in [0.4, 0.5) is 5.95 Å². The van der Waals surface area contributed by atoms with E-state index in [0.29, 0.717) is 5.95 Å². The van der Waals surface area contributed by atoms with E-state index in [1.165, 1.54) is 0 Å². The standard InChI is InChI=1S/C8H7N5/c9-4-7(5-10)6-13-8-11-2-1-3-12-8/h1-3,7H,6H2,(H,11,12,13). The quantitative estimate of drug-likeness (QED) is 0.721. The molecule has 0 atom stereocenters. The molecule has 64 valence electrons. The minimum absolute atomic E-state index is 0.247. The van der Waals surface area contributed by atoms with Crippen LogP contribution in [0.1, 0.15) is 0 Å². The first-order chi connectivity index (χ1) is 6.36. The molecule has 0 spiro atoms. The number of rotatable bonds is 3. The lowest BCUT2D eigenvalue weighted by Gasteiger charge is -2.02. The van der Waals surface area contributed by atoms with Gasteiger partial charge in [0, 0.05) is 18.9 Å². The van der Waals surface area contributed by atoms with Crippen molar-refractivity contribution in [2.24, 2.45) is 5.92 Å². The van der Waals surface area contributed by atoms with Crippen molar-refractivity contribution in [3.8, 4) is 12.1 Å². The summed E-state index contributed by atoms with van der Waals surface area (Å²) < 4.78 is 0. The van der Waals surface area contributed by atoms with Crippen molar-refractivity contribution in [2.45, 2.75) is 0 Å². The molecule has 0 unspecified atom stereocenters. The van der Waals surface area contributed by atoms with Gasteiger partial charge in [-0.05, 0) is 6.07 Å². The normalized spacial score (nSPS) is 8.85. The highest BCUT2D eigenvalue weighted by Gasteiger charge is 2.04. The van der Waals surface area contributed by atoms with Crippen molar-refractivity contribution in [3.05, 3.63) is 18.5 Å². The molecule has 0 aliphatic heterocycles. The lowest BCUT2D eigenvalue weighted by molar-refractivity contribution is 0.873. The Morgan fingerprint density at radius 2 is 1.92 bits per heavy atom. The largest absolute Gasteiger partial charge is 0.352 e. The summed E-state index contributed by atoms with van der Waals surface area (Å²) in [5.41, 5.74) is 0. The molecule has 1 aromatic rings. The second kappa shape index (κ2) is 4.68. The van der Waals surface area contributed by atoms with E-state index in [9.17, 15) is 0 Å². The van der Waals surface area contributed by atoms with E-state index in [4.69, 9.17) is 10.5 Å². The van der Waals surface area contributed by atoms with Gasteiger partial charge in [0.2, 0.25) is 5.95 Å². The van der Waals surface area contributed by atoms with Crippen molar-refractivity contribution in [1.29, 1.82) is 10.5 Å². The third-order valence-electron chi connectivity index (χ3n) is 1.34. The van der Waals surface area contributed by atoms with Gasteiger partial charge in [-0.3, -0.25) is 0 Å². The van der Waals surface area contributed by atoms with Gasteiger partial charge in [0.15, 0.2) is 5.92 Å². The molecule has 1 aromatic heterocycles. The number of hydrogen-bond acceptors (Lipinski definition) is 5. The van der Waals surface area contributed by atoms with Crippen molar-refractivity contribution >= 4 is 5.95 Å². The first-order valence-corrected chi connectivity index (χ1v) is 3.67. The van der Waals surface area contributed by atoms with Crippen molar-refractivity contribution < 1.29 is 0 Å². The topological polar surface area (TPSA) is 85.4 Å². The van der Waals surface area contributed by atoms with E-state index in [-0.39, 0.29) is 6.54 Å². The summed E-state index contributed by atoms with van der Waals surface area (Å²) in [7, 11) is 0. The van der Waals surface area contributed by atoms with Gasteiger partial charge in [-0.25, -0.2) is 9.97 Å². The van der Waals surface area contributed by atoms with Crippen LogP contribution in [-0.4, -0.2) is 16.5 Å². The molecule has 1 rings (SSSR count). The second-order valence-electron chi connectivity index (χ2n) is 2.26. The molecule has 0 fully saturated rings. The minimum Gasteiger partial charge on any atom is -0.352 e. The first kappa shape index (κ1) is 8.95. The number of hydrogen-bond donors (Lipinski definition) is 1. The van der Waals surface area contributed by atoms with E-state index in [2.05, 4.69) is 15.3 Å². The number of nitrogens with zero attached hydrogens (tertiary/aromatic N) is 4. The van der Waals surface area contributed by atoms with Crippen LogP contribution in [0.15, 0.2) is 18.5 Å². The van der Waals surface area contributed by atoms with Crippen molar-refractivity contribution in [1.82, 2.24) is 9.97 Å². The molecular formula is C8H7N5. The summed E-state index contributed by atoms with van der Waals surface area (Å²) in [6.45, 7) is 0.247. The van der Waals surface area contributed by atoms with Crippen LogP contribution < -0.4 is 5.32 Å². The molecule has 0 saturated carbocycles. The molecule has 0 bridgehead atoms. The van der Waals surface area contributed by atoms with E-state index in [1.807, 2.05) is 12.1 Å². The van der Waals surface area contributed by atoms with Crippen molar-refractivity contribution in [3.63, 3.8) is 0 Å². The summed E-state index contributed by atoms with van der Waals surface area (Å²) in [6.07, 6.45) is 3.17. The third-order valence-corrected chi connectivity index (χ3v) is 1.34. The smallest absolute Gasteiger partial charge is 0.222 e. The molecule has 1 heterocycles. The zero-order valence-corrected chi connectivity index (χ0v) is 6.81. The van der Waals surface area contributed by atoms with Crippen LogP contribution >= 0.6 is 0 Å². The van der Waals surface area contributed by atoms with Crippen LogP contribution in [-0.2, 0) is 0 Å². The van der Waals surface area contributed by atoms with Crippen molar-refractivity contribution in [2.75, 3.05) is 11.9 Å². The molecule has 13 heavy (non-hydrogen) atoms. The van der Waals surface area contributed by atoms with Crippen LogP contribution in [0.3, 0.4) is 0 Å². The highest BCUT2D eigenvalue weighted by Crippen LogP contribution is 1.97. The van der Waals surface area contributed by atoms with Gasteiger partial charge in [0.25, 0.3) is 0 Å². The first-order valence-electron chi connectivity index (χ1n) is 3.67. The maximum atomic E-state index is 8.45. The fourth-order valence-electron chi connectivity index (χ4n) is 0.704. The monoisotopic (exact) mass is 173 g/mol. The molecule has 0 saturated heterocycles. The van der Waals surface area contributed by atoms with E-state index >= 15 is 0 Å². The maximum absolute atomic E-state index is 8.45. The zero-order chi connectivity index (χ0) is 9.52. The van der Waals surface area contributed by atoms with Gasteiger partial charge in [-0.15, -0.1) is 0 Å². The Labute approximate surface area is 75.7 Å². The summed E-state index contributed by atoms with van der Waals surface area (Å²) in [6, 6.07) is 5.38. The van der Waals surface area contributed by atoms with E-state index in [1.54, 1.807) is 18.5 Å². The molecule has 5 nitrogen and oxygen atoms in total. The Hall–Kier alpha value is -2.14. The highest BCUT2D eigenvalue weighted by molar-refractivity contribution is 5.23. The summed E-state index contributed by atoms with van der Waals surface area (Å²) in [5.74, 6) is -0.234. The Bertz CT molecular complexity index is 320. The number of nitriles is 2. The van der Waals surface area contributed by atoms with Crippen LogP contribution in [0.2, 0.25) is 0 Å². The summed E-state index contributed by atoms with van der Waals surface area (Å²) in [5, 5.41) is 19.7. The summed E-state index contributed by atoms with van der Waals surface area (Å²) in [4.78, 5) is 7.76. The minimum atomic E-state index is -0.663. The Morgan fingerprint density at radius 3 is 2.46 bits per heavy atom. The Morgan fingerprint density at radius 1 is 1.31 bits per heavy atom. The average molecular weight is 173 g/mol. The number of nitrogens with one attached hydrogen (secondary N) is 1. The highest BCUT2D eigenvalue weighted by atomic mass is 15.1. The lowest BCUT2D eigenvalue weighted by atomic mass is 10.2. The Balaban J connectivity index is 2.45. The predicted octanol–water partition coefficient (Wildman–Crippen LogP) is 0.552. The zero-order valence-electron chi connectivity index (χ0n) is 6.81. The fraction of sp³-hybridized carbons (Fsp3) is 0.250. The predicted molar refractivity (Wildman–Crippen MR) is 45.2 cm³/mol.